The van der Waals surface area contributed by atoms with E-state index in [9.17, 15) is 4.39 Å². The molecule has 3 nitrogen and oxygen atoms in total. The molecule has 17 heavy (non-hydrogen) atoms. The molecule has 2 aromatic rings. The van der Waals surface area contributed by atoms with Crippen LogP contribution < -0.4 is 5.32 Å². The topological polar surface area (TPSA) is 37.8 Å². The fourth-order valence-electron chi connectivity index (χ4n) is 1.50. The van der Waals surface area contributed by atoms with Crippen molar-refractivity contribution in [3.8, 4) is 0 Å². The van der Waals surface area contributed by atoms with E-state index in [2.05, 4.69) is 15.3 Å². The van der Waals surface area contributed by atoms with E-state index in [1.54, 1.807) is 6.92 Å². The first-order valence-corrected chi connectivity index (χ1v) is 5.45. The Kier molecular flexibility index (Phi) is 3.24. The minimum atomic E-state index is -0.287. The van der Waals surface area contributed by atoms with Gasteiger partial charge in [0.25, 0.3) is 0 Å². The standard InChI is InChI=1S/C12H11ClFN3/c1-7-3-9(14)5-10(4-7)17-12-8(2)11(13)15-6-16-12/h3-6H,1-2H3,(H,15,16,17). The first-order chi connectivity index (χ1) is 8.06. The second-order valence-electron chi connectivity index (χ2n) is 3.78. The molecule has 0 aliphatic rings. The van der Waals surface area contributed by atoms with E-state index >= 15 is 0 Å². The van der Waals surface area contributed by atoms with Gasteiger partial charge in [0.15, 0.2) is 0 Å². The highest BCUT2D eigenvalue weighted by molar-refractivity contribution is 6.30. The van der Waals surface area contributed by atoms with Crippen molar-refractivity contribution >= 4 is 23.1 Å². The van der Waals surface area contributed by atoms with Crippen LogP contribution in [-0.4, -0.2) is 9.97 Å². The molecule has 0 amide bonds. The number of aromatic nitrogens is 2. The molecular weight excluding hydrogens is 241 g/mol. The zero-order chi connectivity index (χ0) is 12.4. The number of hydrogen-bond acceptors (Lipinski definition) is 3. The van der Waals surface area contributed by atoms with E-state index in [-0.39, 0.29) is 5.82 Å². The third-order valence-corrected chi connectivity index (χ3v) is 2.71. The van der Waals surface area contributed by atoms with Crippen LogP contribution in [0.1, 0.15) is 11.1 Å². The van der Waals surface area contributed by atoms with Crippen LogP contribution in [0.2, 0.25) is 5.15 Å². The molecule has 0 spiro atoms. The lowest BCUT2D eigenvalue weighted by Gasteiger charge is -2.09. The third kappa shape index (κ3) is 2.71. The zero-order valence-electron chi connectivity index (χ0n) is 9.46. The van der Waals surface area contributed by atoms with Crippen molar-refractivity contribution in [1.82, 2.24) is 9.97 Å². The van der Waals surface area contributed by atoms with Crippen molar-refractivity contribution in [3.63, 3.8) is 0 Å². The average Bonchev–Trinajstić information content (AvgIpc) is 2.23. The van der Waals surface area contributed by atoms with Crippen LogP contribution in [-0.2, 0) is 0 Å². The van der Waals surface area contributed by atoms with Gasteiger partial charge in [-0.1, -0.05) is 11.6 Å². The average molecular weight is 252 g/mol. The fourth-order valence-corrected chi connectivity index (χ4v) is 1.63. The molecule has 0 radical (unpaired) electrons. The Hall–Kier alpha value is -1.68. The van der Waals surface area contributed by atoms with E-state index in [1.807, 2.05) is 13.0 Å². The lowest BCUT2D eigenvalue weighted by molar-refractivity contribution is 0.627. The van der Waals surface area contributed by atoms with Gasteiger partial charge in [-0.2, -0.15) is 0 Å². The molecule has 1 aromatic carbocycles. The molecule has 2 rings (SSSR count). The van der Waals surface area contributed by atoms with Crippen LogP contribution in [0, 0.1) is 19.7 Å². The zero-order valence-corrected chi connectivity index (χ0v) is 10.2. The van der Waals surface area contributed by atoms with Gasteiger partial charge in [0.1, 0.15) is 23.1 Å². The Labute approximate surface area is 104 Å². The smallest absolute Gasteiger partial charge is 0.138 e. The molecule has 0 unspecified atom stereocenters. The van der Waals surface area contributed by atoms with Gasteiger partial charge in [-0.15, -0.1) is 0 Å². The fraction of sp³-hybridized carbons (Fsp3) is 0.167. The summed E-state index contributed by atoms with van der Waals surface area (Å²) in [7, 11) is 0. The number of benzene rings is 1. The number of rotatable bonds is 2. The Morgan fingerprint density at radius 2 is 1.94 bits per heavy atom. The number of nitrogens with one attached hydrogen (secondary N) is 1. The highest BCUT2D eigenvalue weighted by Crippen LogP contribution is 2.23. The summed E-state index contributed by atoms with van der Waals surface area (Å²) in [5.41, 5.74) is 2.21. The first-order valence-electron chi connectivity index (χ1n) is 5.07. The SMILES string of the molecule is Cc1cc(F)cc(Nc2ncnc(Cl)c2C)c1. The summed E-state index contributed by atoms with van der Waals surface area (Å²) < 4.78 is 13.2. The molecule has 0 aliphatic carbocycles. The van der Waals surface area contributed by atoms with Gasteiger partial charge in [0.05, 0.1) is 0 Å². The molecule has 5 heteroatoms. The Balaban J connectivity index is 2.34. The Morgan fingerprint density at radius 3 is 2.65 bits per heavy atom. The van der Waals surface area contributed by atoms with Gasteiger partial charge < -0.3 is 5.32 Å². The van der Waals surface area contributed by atoms with Crippen molar-refractivity contribution in [2.24, 2.45) is 0 Å². The number of hydrogen-bond donors (Lipinski definition) is 1. The second kappa shape index (κ2) is 4.67. The minimum Gasteiger partial charge on any atom is -0.340 e. The molecule has 0 atom stereocenters. The summed E-state index contributed by atoms with van der Waals surface area (Å²) >= 11 is 5.88. The van der Waals surface area contributed by atoms with Gasteiger partial charge in [-0.25, -0.2) is 14.4 Å². The molecule has 0 fully saturated rings. The van der Waals surface area contributed by atoms with Crippen molar-refractivity contribution in [3.05, 3.63) is 46.6 Å². The summed E-state index contributed by atoms with van der Waals surface area (Å²) in [6.07, 6.45) is 1.36. The maximum absolute atomic E-state index is 13.2. The second-order valence-corrected chi connectivity index (χ2v) is 4.14. The van der Waals surface area contributed by atoms with Gasteiger partial charge in [0.2, 0.25) is 0 Å². The molecule has 0 bridgehead atoms. The molecular formula is C12H11ClFN3. The van der Waals surface area contributed by atoms with Gasteiger partial charge in [0, 0.05) is 11.3 Å². The van der Waals surface area contributed by atoms with Gasteiger partial charge in [-0.3, -0.25) is 0 Å². The van der Waals surface area contributed by atoms with E-state index in [4.69, 9.17) is 11.6 Å². The summed E-state index contributed by atoms with van der Waals surface area (Å²) in [4.78, 5) is 7.92. The van der Waals surface area contributed by atoms with Crippen LogP contribution in [0.3, 0.4) is 0 Å². The number of aryl methyl sites for hydroxylation is 1. The van der Waals surface area contributed by atoms with Gasteiger partial charge >= 0.3 is 0 Å². The normalized spacial score (nSPS) is 10.4. The van der Waals surface area contributed by atoms with Crippen LogP contribution >= 0.6 is 11.6 Å². The third-order valence-electron chi connectivity index (χ3n) is 2.33. The quantitative estimate of drug-likeness (QED) is 0.829. The van der Waals surface area contributed by atoms with Crippen molar-refractivity contribution in [2.45, 2.75) is 13.8 Å². The monoisotopic (exact) mass is 251 g/mol. The summed E-state index contributed by atoms with van der Waals surface area (Å²) in [5, 5.41) is 3.40. The summed E-state index contributed by atoms with van der Waals surface area (Å²) in [6, 6.07) is 4.70. The predicted octanol–water partition coefficient (Wildman–Crippen LogP) is 3.63. The molecule has 1 N–H and O–H groups in total. The minimum absolute atomic E-state index is 0.287. The van der Waals surface area contributed by atoms with Crippen LogP contribution in [0.15, 0.2) is 24.5 Å². The van der Waals surface area contributed by atoms with Crippen LogP contribution in [0.25, 0.3) is 0 Å². The maximum Gasteiger partial charge on any atom is 0.138 e. The summed E-state index contributed by atoms with van der Waals surface area (Å²) in [6.45, 7) is 3.63. The first kappa shape index (κ1) is 11.8. The molecule has 88 valence electrons. The van der Waals surface area contributed by atoms with E-state index in [0.29, 0.717) is 16.7 Å². The lowest BCUT2D eigenvalue weighted by Crippen LogP contribution is -1.98. The molecule has 1 aromatic heterocycles. The van der Waals surface area contributed by atoms with E-state index in [0.717, 1.165) is 11.1 Å². The van der Waals surface area contributed by atoms with E-state index < -0.39 is 0 Å². The Morgan fingerprint density at radius 1 is 1.18 bits per heavy atom. The number of nitrogens with zero attached hydrogens (tertiary/aromatic N) is 2. The number of halogens is 2. The summed E-state index contributed by atoms with van der Waals surface area (Å²) in [5.74, 6) is 0.292. The molecule has 0 aliphatic heterocycles. The van der Waals surface area contributed by atoms with E-state index in [1.165, 1.54) is 18.5 Å². The predicted molar refractivity (Wildman–Crippen MR) is 66.2 cm³/mol. The van der Waals surface area contributed by atoms with Crippen molar-refractivity contribution < 1.29 is 4.39 Å². The maximum atomic E-state index is 13.2. The van der Waals surface area contributed by atoms with Crippen LogP contribution in [0.4, 0.5) is 15.9 Å². The highest BCUT2D eigenvalue weighted by atomic mass is 35.5. The molecule has 1 heterocycles. The highest BCUT2D eigenvalue weighted by Gasteiger charge is 2.06. The Bertz CT molecular complexity index is 537. The van der Waals surface area contributed by atoms with Crippen molar-refractivity contribution in [1.29, 1.82) is 0 Å². The largest absolute Gasteiger partial charge is 0.340 e. The van der Waals surface area contributed by atoms with Gasteiger partial charge in [-0.05, 0) is 37.6 Å². The molecule has 0 saturated carbocycles. The number of anilines is 2. The lowest BCUT2D eigenvalue weighted by atomic mass is 10.2. The van der Waals surface area contributed by atoms with Crippen LogP contribution in [0.5, 0.6) is 0 Å². The van der Waals surface area contributed by atoms with Crippen molar-refractivity contribution in [2.75, 3.05) is 5.32 Å². The molecule has 0 saturated heterocycles.